The summed E-state index contributed by atoms with van der Waals surface area (Å²) in [5, 5.41) is 6.27. The van der Waals surface area contributed by atoms with Gasteiger partial charge < -0.3 is 10.6 Å². The highest BCUT2D eigenvalue weighted by atomic mass is 35.5. The fourth-order valence-corrected chi connectivity index (χ4v) is 2.59. The molecule has 1 fully saturated rings. The van der Waals surface area contributed by atoms with Crippen molar-refractivity contribution in [1.82, 2.24) is 15.0 Å². The Morgan fingerprint density at radius 1 is 1.17 bits per heavy atom. The lowest BCUT2D eigenvalue weighted by Gasteiger charge is -2.09. The van der Waals surface area contributed by atoms with E-state index in [1.54, 1.807) is 7.05 Å². The second kappa shape index (κ2) is 6.73. The highest BCUT2D eigenvalue weighted by molar-refractivity contribution is 6.28. The largest absolute Gasteiger partial charge is 0.357 e. The monoisotopic (exact) mass is 269 g/mol. The Kier molecular flexibility index (Phi) is 4.99. The topological polar surface area (TPSA) is 62.7 Å². The third-order valence-corrected chi connectivity index (χ3v) is 3.55. The van der Waals surface area contributed by atoms with Crippen LogP contribution in [0.3, 0.4) is 0 Å². The molecule has 0 amide bonds. The summed E-state index contributed by atoms with van der Waals surface area (Å²) in [5.74, 6) is 1.97. The van der Waals surface area contributed by atoms with Crippen LogP contribution in [0.1, 0.15) is 38.5 Å². The van der Waals surface area contributed by atoms with Gasteiger partial charge in [0.25, 0.3) is 0 Å². The molecule has 0 atom stereocenters. The third kappa shape index (κ3) is 3.98. The lowest BCUT2D eigenvalue weighted by Crippen LogP contribution is -2.09. The van der Waals surface area contributed by atoms with E-state index >= 15 is 0 Å². The molecule has 1 aliphatic rings. The van der Waals surface area contributed by atoms with Crippen LogP contribution in [0, 0.1) is 5.92 Å². The van der Waals surface area contributed by atoms with Crippen LogP contribution in [-0.4, -0.2) is 28.5 Å². The van der Waals surface area contributed by atoms with Crippen LogP contribution in [0.25, 0.3) is 0 Å². The first-order chi connectivity index (χ1) is 8.78. The second-order valence-corrected chi connectivity index (χ2v) is 5.06. The smallest absolute Gasteiger partial charge is 0.228 e. The maximum absolute atomic E-state index is 5.80. The zero-order chi connectivity index (χ0) is 12.8. The van der Waals surface area contributed by atoms with E-state index in [0.29, 0.717) is 11.9 Å². The third-order valence-electron chi connectivity index (χ3n) is 3.38. The van der Waals surface area contributed by atoms with Crippen molar-refractivity contribution in [1.29, 1.82) is 0 Å². The molecule has 2 N–H and O–H groups in total. The maximum Gasteiger partial charge on any atom is 0.228 e. The number of nitrogens with zero attached hydrogens (tertiary/aromatic N) is 3. The van der Waals surface area contributed by atoms with Gasteiger partial charge in [0.05, 0.1) is 0 Å². The number of hydrogen-bond acceptors (Lipinski definition) is 5. The molecule has 1 saturated carbocycles. The lowest BCUT2D eigenvalue weighted by atomic mass is 10.0. The van der Waals surface area contributed by atoms with E-state index in [-0.39, 0.29) is 5.28 Å². The van der Waals surface area contributed by atoms with Crippen molar-refractivity contribution in [2.24, 2.45) is 5.92 Å². The molecule has 100 valence electrons. The van der Waals surface area contributed by atoms with Crippen LogP contribution in [0.15, 0.2) is 0 Å². The summed E-state index contributed by atoms with van der Waals surface area (Å²) in [5.41, 5.74) is 0. The Labute approximate surface area is 113 Å². The molecule has 5 nitrogen and oxygen atoms in total. The predicted molar refractivity (Wildman–Crippen MR) is 74.1 cm³/mol. The summed E-state index contributed by atoms with van der Waals surface area (Å²) >= 11 is 5.80. The summed E-state index contributed by atoms with van der Waals surface area (Å²) in [4.78, 5) is 12.2. The van der Waals surface area contributed by atoms with Crippen LogP contribution < -0.4 is 10.6 Å². The molecule has 1 aliphatic carbocycles. The van der Waals surface area contributed by atoms with Gasteiger partial charge >= 0.3 is 0 Å². The Hall–Kier alpha value is -1.10. The molecule has 2 rings (SSSR count). The lowest BCUT2D eigenvalue weighted by molar-refractivity contribution is 0.491. The van der Waals surface area contributed by atoms with Crippen LogP contribution in [-0.2, 0) is 0 Å². The molecule has 1 aromatic rings. The predicted octanol–water partition coefficient (Wildman–Crippen LogP) is 2.95. The second-order valence-electron chi connectivity index (χ2n) is 4.72. The number of rotatable bonds is 6. The molecule has 0 spiro atoms. The van der Waals surface area contributed by atoms with E-state index in [1.165, 1.54) is 32.1 Å². The summed E-state index contributed by atoms with van der Waals surface area (Å²) in [7, 11) is 1.76. The molecular formula is C12H20ClN5. The minimum atomic E-state index is 0.215. The zero-order valence-corrected chi connectivity index (χ0v) is 11.5. The van der Waals surface area contributed by atoms with Crippen LogP contribution in [0.2, 0.25) is 5.28 Å². The molecule has 1 aromatic heterocycles. The van der Waals surface area contributed by atoms with Gasteiger partial charge in [0.1, 0.15) is 0 Å². The van der Waals surface area contributed by atoms with E-state index in [4.69, 9.17) is 11.6 Å². The summed E-state index contributed by atoms with van der Waals surface area (Å²) < 4.78 is 0. The van der Waals surface area contributed by atoms with E-state index in [9.17, 15) is 0 Å². The van der Waals surface area contributed by atoms with Gasteiger partial charge in [-0.15, -0.1) is 0 Å². The van der Waals surface area contributed by atoms with Crippen LogP contribution >= 0.6 is 11.6 Å². The summed E-state index contributed by atoms with van der Waals surface area (Å²) in [6.07, 6.45) is 8.08. The fraction of sp³-hybridized carbons (Fsp3) is 0.750. The Balaban J connectivity index is 1.73. The molecule has 0 unspecified atom stereocenters. The Morgan fingerprint density at radius 2 is 1.89 bits per heavy atom. The minimum Gasteiger partial charge on any atom is -0.357 e. The van der Waals surface area contributed by atoms with Crippen molar-refractivity contribution in [2.75, 3.05) is 24.2 Å². The molecule has 0 bridgehead atoms. The van der Waals surface area contributed by atoms with Crippen molar-refractivity contribution >= 4 is 23.5 Å². The van der Waals surface area contributed by atoms with Gasteiger partial charge in [-0.05, 0) is 30.4 Å². The number of nitrogens with one attached hydrogen (secondary N) is 2. The molecule has 0 radical (unpaired) electrons. The highest BCUT2D eigenvalue weighted by Crippen LogP contribution is 2.28. The zero-order valence-electron chi connectivity index (χ0n) is 10.7. The van der Waals surface area contributed by atoms with Crippen LogP contribution in [0.5, 0.6) is 0 Å². The average molecular weight is 270 g/mol. The van der Waals surface area contributed by atoms with E-state index in [1.807, 2.05) is 0 Å². The van der Waals surface area contributed by atoms with E-state index in [2.05, 4.69) is 25.6 Å². The molecular weight excluding hydrogens is 250 g/mol. The normalized spacial score (nSPS) is 15.9. The number of anilines is 2. The first-order valence-electron chi connectivity index (χ1n) is 6.61. The first kappa shape index (κ1) is 13.3. The molecule has 0 aromatic carbocycles. The average Bonchev–Trinajstić information content (AvgIpc) is 2.87. The van der Waals surface area contributed by atoms with Gasteiger partial charge in [0.15, 0.2) is 0 Å². The minimum absolute atomic E-state index is 0.215. The first-order valence-corrected chi connectivity index (χ1v) is 6.99. The van der Waals surface area contributed by atoms with Crippen molar-refractivity contribution in [2.45, 2.75) is 38.5 Å². The Morgan fingerprint density at radius 3 is 2.61 bits per heavy atom. The SMILES string of the molecule is CNc1nc(Cl)nc(NCCCC2CCCC2)n1. The van der Waals surface area contributed by atoms with Gasteiger partial charge in [-0.3, -0.25) is 0 Å². The van der Waals surface area contributed by atoms with Crippen molar-refractivity contribution < 1.29 is 0 Å². The Bertz CT molecular complexity index is 379. The fourth-order valence-electron chi connectivity index (χ4n) is 2.43. The summed E-state index contributed by atoms with van der Waals surface area (Å²) in [6.45, 7) is 0.889. The number of halogens is 1. The van der Waals surface area contributed by atoms with E-state index < -0.39 is 0 Å². The summed E-state index contributed by atoms with van der Waals surface area (Å²) in [6, 6.07) is 0. The van der Waals surface area contributed by atoms with Crippen molar-refractivity contribution in [3.05, 3.63) is 5.28 Å². The van der Waals surface area contributed by atoms with Gasteiger partial charge in [0.2, 0.25) is 17.2 Å². The van der Waals surface area contributed by atoms with Crippen LogP contribution in [0.4, 0.5) is 11.9 Å². The van der Waals surface area contributed by atoms with Crippen molar-refractivity contribution in [3.63, 3.8) is 0 Å². The molecule has 18 heavy (non-hydrogen) atoms. The van der Waals surface area contributed by atoms with Gasteiger partial charge in [-0.2, -0.15) is 15.0 Å². The van der Waals surface area contributed by atoms with Gasteiger partial charge in [-0.1, -0.05) is 25.7 Å². The maximum atomic E-state index is 5.80. The molecule has 1 heterocycles. The van der Waals surface area contributed by atoms with Gasteiger partial charge in [0, 0.05) is 13.6 Å². The highest BCUT2D eigenvalue weighted by Gasteiger charge is 2.14. The molecule has 0 saturated heterocycles. The molecule has 0 aliphatic heterocycles. The molecule has 6 heteroatoms. The van der Waals surface area contributed by atoms with E-state index in [0.717, 1.165) is 18.9 Å². The number of aromatic nitrogens is 3. The number of hydrogen-bond donors (Lipinski definition) is 2. The van der Waals surface area contributed by atoms with Gasteiger partial charge in [-0.25, -0.2) is 0 Å². The quantitative estimate of drug-likeness (QED) is 0.778. The standard InChI is InChI=1S/C12H20ClN5/c1-14-11-16-10(13)17-12(18-11)15-8-4-7-9-5-2-3-6-9/h9H,2-8H2,1H3,(H2,14,15,16,17,18). The van der Waals surface area contributed by atoms with Crippen molar-refractivity contribution in [3.8, 4) is 0 Å².